The number of carbonyl (C=O) groups excluding carboxylic acids is 3. The number of carbonyl (C=O) groups is 3. The highest BCUT2D eigenvalue weighted by Crippen LogP contribution is 2.30. The minimum atomic E-state index is -0.732. The molecule has 1 saturated heterocycles. The lowest BCUT2D eigenvalue weighted by Crippen LogP contribution is -2.56. The van der Waals surface area contributed by atoms with Crippen LogP contribution in [0.15, 0.2) is 54.6 Å². The maximum absolute atomic E-state index is 13.7. The standard InChI is InChI=1S/C28H36N4O3/c1-19(29-2)26(33)31-24(18-20-10-4-3-5-11-20)28(35)32-17-9-16-25(32)27(34)30-23-15-8-13-21-12-6-7-14-22(21)23/h3-7,10-12,14,19,23-25,29H,8-9,13,15-18H2,1-2H3,(H,30,34)(H,31,33)/t19-,23?,24-,25+/m0/s1. The van der Waals surface area contributed by atoms with Gasteiger partial charge in [0.2, 0.25) is 17.7 Å². The molecule has 0 radical (unpaired) electrons. The molecule has 7 nitrogen and oxygen atoms in total. The first kappa shape index (κ1) is 24.9. The lowest BCUT2D eigenvalue weighted by Gasteiger charge is -2.32. The van der Waals surface area contributed by atoms with Crippen LogP contribution in [-0.2, 0) is 27.2 Å². The third-order valence-electron chi connectivity index (χ3n) is 7.25. The Morgan fingerprint density at radius 3 is 2.51 bits per heavy atom. The van der Waals surface area contributed by atoms with Crippen LogP contribution in [0.1, 0.15) is 55.3 Å². The zero-order chi connectivity index (χ0) is 24.8. The normalized spacial score (nSPS) is 21.0. The number of hydrogen-bond donors (Lipinski definition) is 3. The fraction of sp³-hybridized carbons (Fsp3) is 0.464. The topological polar surface area (TPSA) is 90.5 Å². The Morgan fingerprint density at radius 1 is 1.00 bits per heavy atom. The molecule has 4 rings (SSSR count). The van der Waals surface area contributed by atoms with Crippen molar-refractivity contribution in [2.45, 2.75) is 69.6 Å². The molecular weight excluding hydrogens is 440 g/mol. The van der Waals surface area contributed by atoms with Crippen molar-refractivity contribution in [3.63, 3.8) is 0 Å². The number of likely N-dealkylation sites (N-methyl/N-ethyl adjacent to an activating group) is 1. The van der Waals surface area contributed by atoms with Gasteiger partial charge in [0.25, 0.3) is 0 Å². The van der Waals surface area contributed by atoms with Crippen molar-refractivity contribution in [2.24, 2.45) is 0 Å². The smallest absolute Gasteiger partial charge is 0.246 e. The van der Waals surface area contributed by atoms with Crippen LogP contribution in [0.3, 0.4) is 0 Å². The van der Waals surface area contributed by atoms with E-state index in [0.717, 1.165) is 31.2 Å². The average Bonchev–Trinajstić information content (AvgIpc) is 3.38. The largest absolute Gasteiger partial charge is 0.347 e. The maximum Gasteiger partial charge on any atom is 0.246 e. The first-order valence-corrected chi connectivity index (χ1v) is 12.7. The summed E-state index contributed by atoms with van der Waals surface area (Å²) in [5, 5.41) is 9.07. The first-order valence-electron chi connectivity index (χ1n) is 12.7. The SMILES string of the molecule is CN[C@@H](C)C(=O)N[C@@H](Cc1ccccc1)C(=O)N1CCC[C@@H]1C(=O)NC1CCCc2ccccc21. The molecule has 0 bridgehead atoms. The molecule has 2 aliphatic rings. The molecule has 1 aliphatic heterocycles. The average molecular weight is 477 g/mol. The highest BCUT2D eigenvalue weighted by Gasteiger charge is 2.39. The van der Waals surface area contributed by atoms with Gasteiger partial charge in [-0.05, 0) is 62.8 Å². The van der Waals surface area contributed by atoms with E-state index in [9.17, 15) is 14.4 Å². The summed E-state index contributed by atoms with van der Waals surface area (Å²) in [5.74, 6) is -0.543. The van der Waals surface area contributed by atoms with Crippen LogP contribution in [0, 0.1) is 0 Å². The predicted molar refractivity (Wildman–Crippen MR) is 136 cm³/mol. The van der Waals surface area contributed by atoms with Crippen molar-refractivity contribution in [1.82, 2.24) is 20.9 Å². The zero-order valence-electron chi connectivity index (χ0n) is 20.6. The molecule has 1 aliphatic carbocycles. The number of hydrogen-bond acceptors (Lipinski definition) is 4. The molecule has 4 atom stereocenters. The quantitative estimate of drug-likeness (QED) is 0.546. The Labute approximate surface area is 207 Å². The minimum Gasteiger partial charge on any atom is -0.347 e. The van der Waals surface area contributed by atoms with Crippen LogP contribution < -0.4 is 16.0 Å². The Bertz CT molecular complexity index is 1040. The first-order chi connectivity index (χ1) is 17.0. The third-order valence-corrected chi connectivity index (χ3v) is 7.25. The number of rotatable bonds is 8. The highest BCUT2D eigenvalue weighted by atomic mass is 16.2. The number of likely N-dealkylation sites (tertiary alicyclic amines) is 1. The van der Waals surface area contributed by atoms with E-state index in [1.165, 1.54) is 11.1 Å². The van der Waals surface area contributed by atoms with Gasteiger partial charge in [0, 0.05) is 13.0 Å². The van der Waals surface area contributed by atoms with Crippen molar-refractivity contribution < 1.29 is 14.4 Å². The summed E-state index contributed by atoms with van der Waals surface area (Å²) in [6.45, 7) is 2.27. The Hall–Kier alpha value is -3.19. The Balaban J connectivity index is 1.49. The number of nitrogens with one attached hydrogen (secondary N) is 3. The summed E-state index contributed by atoms with van der Waals surface area (Å²) in [7, 11) is 1.71. The van der Waals surface area contributed by atoms with Gasteiger partial charge in [0.1, 0.15) is 12.1 Å². The van der Waals surface area contributed by atoms with Crippen molar-refractivity contribution >= 4 is 17.7 Å². The molecule has 2 aromatic carbocycles. The molecule has 0 spiro atoms. The van der Waals surface area contributed by atoms with E-state index in [-0.39, 0.29) is 23.8 Å². The van der Waals surface area contributed by atoms with E-state index < -0.39 is 18.1 Å². The molecule has 3 amide bonds. The van der Waals surface area contributed by atoms with E-state index >= 15 is 0 Å². The van der Waals surface area contributed by atoms with Gasteiger partial charge < -0.3 is 20.9 Å². The number of nitrogens with zero attached hydrogens (tertiary/aromatic N) is 1. The van der Waals surface area contributed by atoms with Crippen molar-refractivity contribution in [3.8, 4) is 0 Å². The van der Waals surface area contributed by atoms with Crippen LogP contribution in [0.5, 0.6) is 0 Å². The molecule has 186 valence electrons. The second-order valence-electron chi connectivity index (χ2n) is 9.60. The fourth-order valence-corrected chi connectivity index (χ4v) is 5.15. The minimum absolute atomic E-state index is 0.0266. The number of fused-ring (bicyclic) bond motifs is 1. The maximum atomic E-state index is 13.7. The fourth-order valence-electron chi connectivity index (χ4n) is 5.15. The van der Waals surface area contributed by atoms with Gasteiger partial charge in [-0.2, -0.15) is 0 Å². The summed E-state index contributed by atoms with van der Waals surface area (Å²) in [6, 6.07) is 16.2. The summed E-state index contributed by atoms with van der Waals surface area (Å²) >= 11 is 0. The van der Waals surface area contributed by atoms with Gasteiger partial charge in [-0.1, -0.05) is 54.6 Å². The monoisotopic (exact) mass is 476 g/mol. The lowest BCUT2D eigenvalue weighted by atomic mass is 9.87. The molecule has 2 aromatic rings. The molecule has 1 fully saturated rings. The molecule has 35 heavy (non-hydrogen) atoms. The molecular formula is C28H36N4O3. The predicted octanol–water partition coefficient (Wildman–Crippen LogP) is 2.51. The van der Waals surface area contributed by atoms with E-state index in [1.54, 1.807) is 18.9 Å². The van der Waals surface area contributed by atoms with E-state index in [4.69, 9.17) is 0 Å². The third kappa shape index (κ3) is 5.90. The van der Waals surface area contributed by atoms with Crippen molar-refractivity contribution in [1.29, 1.82) is 0 Å². The van der Waals surface area contributed by atoms with Gasteiger partial charge in [0.05, 0.1) is 12.1 Å². The second kappa shape index (κ2) is 11.5. The second-order valence-corrected chi connectivity index (χ2v) is 9.60. The summed E-state index contributed by atoms with van der Waals surface area (Å²) < 4.78 is 0. The van der Waals surface area contributed by atoms with Crippen LogP contribution in [0.25, 0.3) is 0 Å². The molecule has 0 saturated carbocycles. The van der Waals surface area contributed by atoms with Crippen LogP contribution in [-0.4, -0.2) is 54.3 Å². The Kier molecular flexibility index (Phi) is 8.18. The van der Waals surface area contributed by atoms with Crippen LogP contribution in [0.4, 0.5) is 0 Å². The van der Waals surface area contributed by atoms with Gasteiger partial charge in [-0.25, -0.2) is 0 Å². The zero-order valence-corrected chi connectivity index (χ0v) is 20.6. The lowest BCUT2D eigenvalue weighted by molar-refractivity contribution is -0.141. The van der Waals surface area contributed by atoms with Crippen LogP contribution in [0.2, 0.25) is 0 Å². The molecule has 0 aromatic heterocycles. The Morgan fingerprint density at radius 2 is 1.74 bits per heavy atom. The summed E-state index contributed by atoms with van der Waals surface area (Å²) in [4.78, 5) is 41.4. The summed E-state index contributed by atoms with van der Waals surface area (Å²) in [5.41, 5.74) is 3.42. The van der Waals surface area contributed by atoms with Crippen molar-refractivity contribution in [2.75, 3.05) is 13.6 Å². The van der Waals surface area contributed by atoms with Gasteiger partial charge in [-0.3, -0.25) is 14.4 Å². The highest BCUT2D eigenvalue weighted by molar-refractivity contribution is 5.93. The molecule has 1 unspecified atom stereocenters. The van der Waals surface area contributed by atoms with Crippen LogP contribution >= 0.6 is 0 Å². The number of amides is 3. The van der Waals surface area contributed by atoms with Crippen molar-refractivity contribution in [3.05, 3.63) is 71.3 Å². The molecule has 7 heteroatoms. The van der Waals surface area contributed by atoms with Gasteiger partial charge >= 0.3 is 0 Å². The van der Waals surface area contributed by atoms with E-state index in [0.29, 0.717) is 19.4 Å². The van der Waals surface area contributed by atoms with E-state index in [1.807, 2.05) is 42.5 Å². The molecule has 3 N–H and O–H groups in total. The van der Waals surface area contributed by atoms with E-state index in [2.05, 4.69) is 28.1 Å². The van der Waals surface area contributed by atoms with Gasteiger partial charge in [-0.15, -0.1) is 0 Å². The summed E-state index contributed by atoms with van der Waals surface area (Å²) in [6.07, 6.45) is 4.74. The number of aryl methyl sites for hydroxylation is 1. The van der Waals surface area contributed by atoms with Gasteiger partial charge in [0.15, 0.2) is 0 Å². The number of benzene rings is 2. The molecule has 1 heterocycles.